The van der Waals surface area contributed by atoms with E-state index in [0.717, 1.165) is 18.5 Å². The van der Waals surface area contributed by atoms with Crippen molar-refractivity contribution in [1.29, 1.82) is 0 Å². The maximum Gasteiger partial charge on any atom is 0.0513 e. The number of hydrogen-bond acceptors (Lipinski definition) is 2. The fourth-order valence-electron chi connectivity index (χ4n) is 3.23. The molecule has 2 fully saturated rings. The lowest BCUT2D eigenvalue weighted by Gasteiger charge is -2.30. The normalized spacial score (nSPS) is 22.8. The van der Waals surface area contributed by atoms with E-state index in [0.29, 0.717) is 6.04 Å². The topological polar surface area (TPSA) is 15.3 Å². The van der Waals surface area contributed by atoms with Gasteiger partial charge < -0.3 is 10.2 Å². The molecular formula is C17H25BrN2. The summed E-state index contributed by atoms with van der Waals surface area (Å²) in [6.07, 6.45) is 5.35. The number of nitrogens with zero attached hydrogens (tertiary/aromatic N) is 1. The molecule has 1 N–H and O–H groups in total. The second kappa shape index (κ2) is 6.07. The van der Waals surface area contributed by atoms with Gasteiger partial charge in [-0.3, -0.25) is 0 Å². The fourth-order valence-corrected chi connectivity index (χ4v) is 3.88. The highest BCUT2D eigenvalue weighted by atomic mass is 79.9. The Labute approximate surface area is 131 Å². The van der Waals surface area contributed by atoms with Crippen molar-refractivity contribution in [3.05, 3.63) is 28.2 Å². The number of anilines is 1. The molecule has 2 nitrogen and oxygen atoms in total. The highest BCUT2D eigenvalue weighted by Gasteiger charge is 2.28. The van der Waals surface area contributed by atoms with Gasteiger partial charge in [-0.25, -0.2) is 0 Å². The van der Waals surface area contributed by atoms with Crippen LogP contribution in [-0.2, 0) is 6.54 Å². The highest BCUT2D eigenvalue weighted by Crippen LogP contribution is 2.35. The minimum Gasteiger partial charge on any atom is -0.367 e. The van der Waals surface area contributed by atoms with Crippen molar-refractivity contribution in [3.8, 4) is 0 Å². The predicted molar refractivity (Wildman–Crippen MR) is 89.2 cm³/mol. The summed E-state index contributed by atoms with van der Waals surface area (Å²) >= 11 is 3.79. The molecule has 1 aromatic rings. The van der Waals surface area contributed by atoms with Gasteiger partial charge in [-0.1, -0.05) is 19.9 Å². The lowest BCUT2D eigenvalue weighted by Crippen LogP contribution is -2.33. The fraction of sp³-hybridized carbons (Fsp3) is 0.647. The zero-order valence-corrected chi connectivity index (χ0v) is 14.1. The van der Waals surface area contributed by atoms with Gasteiger partial charge in [-0.2, -0.15) is 0 Å². The Balaban J connectivity index is 1.72. The third-order valence-electron chi connectivity index (χ3n) is 4.56. The Morgan fingerprint density at radius 1 is 1.30 bits per heavy atom. The second-order valence-corrected chi connectivity index (χ2v) is 7.44. The van der Waals surface area contributed by atoms with Crippen LogP contribution in [-0.4, -0.2) is 18.6 Å². The van der Waals surface area contributed by atoms with Crippen LogP contribution in [0.15, 0.2) is 22.7 Å². The average molecular weight is 337 g/mol. The number of benzene rings is 1. The van der Waals surface area contributed by atoms with Crippen molar-refractivity contribution in [2.45, 2.75) is 58.2 Å². The van der Waals surface area contributed by atoms with Gasteiger partial charge in [-0.05, 0) is 65.2 Å². The number of nitrogens with one attached hydrogen (secondary N) is 1. The van der Waals surface area contributed by atoms with Gasteiger partial charge >= 0.3 is 0 Å². The Morgan fingerprint density at radius 2 is 2.10 bits per heavy atom. The smallest absolute Gasteiger partial charge is 0.0513 e. The standard InChI is InChI=1S/C17H25BrN2/c1-12(2)16-4-3-9-20(16)17-8-5-13(10-15(17)18)11-19-14-6-7-14/h5,8,10,12,14,16,19H,3-4,6-7,9,11H2,1-2H3. The zero-order chi connectivity index (χ0) is 14.1. The largest absolute Gasteiger partial charge is 0.367 e. The van der Waals surface area contributed by atoms with E-state index in [2.05, 4.69) is 58.2 Å². The third kappa shape index (κ3) is 3.20. The monoisotopic (exact) mass is 336 g/mol. The molecule has 1 aliphatic heterocycles. The van der Waals surface area contributed by atoms with Crippen LogP contribution in [0.3, 0.4) is 0 Å². The van der Waals surface area contributed by atoms with E-state index in [9.17, 15) is 0 Å². The zero-order valence-electron chi connectivity index (χ0n) is 12.5. The van der Waals surface area contributed by atoms with E-state index in [1.165, 1.54) is 48.0 Å². The van der Waals surface area contributed by atoms with Crippen LogP contribution in [0, 0.1) is 5.92 Å². The summed E-state index contributed by atoms with van der Waals surface area (Å²) in [5, 5.41) is 3.58. The molecule has 0 radical (unpaired) electrons. The van der Waals surface area contributed by atoms with E-state index >= 15 is 0 Å². The third-order valence-corrected chi connectivity index (χ3v) is 5.20. The van der Waals surface area contributed by atoms with Crippen LogP contribution in [0.2, 0.25) is 0 Å². The van der Waals surface area contributed by atoms with E-state index in [-0.39, 0.29) is 0 Å². The predicted octanol–water partition coefficient (Wildman–Crippen LogP) is 4.33. The van der Waals surface area contributed by atoms with Crippen molar-refractivity contribution in [3.63, 3.8) is 0 Å². The molecule has 1 aliphatic carbocycles. The summed E-state index contributed by atoms with van der Waals surface area (Å²) < 4.78 is 1.25. The quantitative estimate of drug-likeness (QED) is 0.860. The molecule has 1 aromatic carbocycles. The minimum atomic E-state index is 0.696. The van der Waals surface area contributed by atoms with Crippen molar-refractivity contribution >= 4 is 21.6 Å². The number of halogens is 1. The molecule has 1 heterocycles. The maximum absolute atomic E-state index is 3.79. The van der Waals surface area contributed by atoms with Gasteiger partial charge in [0, 0.05) is 29.6 Å². The molecule has 110 valence electrons. The summed E-state index contributed by atoms with van der Waals surface area (Å²) in [4.78, 5) is 2.59. The van der Waals surface area contributed by atoms with Crippen LogP contribution in [0.5, 0.6) is 0 Å². The highest BCUT2D eigenvalue weighted by molar-refractivity contribution is 9.10. The van der Waals surface area contributed by atoms with E-state index in [1.807, 2.05) is 0 Å². The van der Waals surface area contributed by atoms with Crippen LogP contribution in [0.25, 0.3) is 0 Å². The Morgan fingerprint density at radius 3 is 2.75 bits per heavy atom. The molecule has 0 aromatic heterocycles. The van der Waals surface area contributed by atoms with E-state index < -0.39 is 0 Å². The summed E-state index contributed by atoms with van der Waals surface area (Å²) in [5.74, 6) is 0.723. The molecule has 0 spiro atoms. The summed E-state index contributed by atoms with van der Waals surface area (Å²) in [7, 11) is 0. The van der Waals surface area contributed by atoms with Gasteiger partial charge in [0.05, 0.1) is 5.69 Å². The lowest BCUT2D eigenvalue weighted by molar-refractivity contribution is 0.491. The molecule has 20 heavy (non-hydrogen) atoms. The molecule has 2 aliphatic rings. The summed E-state index contributed by atoms with van der Waals surface area (Å²) in [5.41, 5.74) is 2.75. The van der Waals surface area contributed by atoms with Gasteiger partial charge in [-0.15, -0.1) is 0 Å². The second-order valence-electron chi connectivity index (χ2n) is 6.59. The SMILES string of the molecule is CC(C)C1CCCN1c1ccc(CNC2CC2)cc1Br. The molecule has 0 amide bonds. The number of rotatable bonds is 5. The summed E-state index contributed by atoms with van der Waals surface area (Å²) in [6, 6.07) is 8.35. The first-order valence-corrected chi connectivity index (χ1v) is 8.73. The van der Waals surface area contributed by atoms with Crippen molar-refractivity contribution in [2.75, 3.05) is 11.4 Å². The Hall–Kier alpha value is -0.540. The molecule has 1 saturated carbocycles. The average Bonchev–Trinajstić information content (AvgIpc) is 3.11. The van der Waals surface area contributed by atoms with Gasteiger partial charge in [0.25, 0.3) is 0 Å². The first-order chi connectivity index (χ1) is 9.65. The van der Waals surface area contributed by atoms with Gasteiger partial charge in [0.2, 0.25) is 0 Å². The van der Waals surface area contributed by atoms with Crippen molar-refractivity contribution in [1.82, 2.24) is 5.32 Å². The molecule has 1 saturated heterocycles. The number of hydrogen-bond donors (Lipinski definition) is 1. The first-order valence-electron chi connectivity index (χ1n) is 7.93. The van der Waals surface area contributed by atoms with Crippen LogP contribution in [0.4, 0.5) is 5.69 Å². The van der Waals surface area contributed by atoms with Gasteiger partial charge in [0.15, 0.2) is 0 Å². The molecule has 1 unspecified atom stereocenters. The molecule has 3 rings (SSSR count). The van der Waals surface area contributed by atoms with Crippen LogP contribution in [0.1, 0.15) is 45.1 Å². The first kappa shape index (κ1) is 14.4. The van der Waals surface area contributed by atoms with Crippen molar-refractivity contribution < 1.29 is 0 Å². The van der Waals surface area contributed by atoms with Crippen LogP contribution >= 0.6 is 15.9 Å². The molecule has 3 heteroatoms. The van der Waals surface area contributed by atoms with Gasteiger partial charge in [0.1, 0.15) is 0 Å². The maximum atomic E-state index is 3.79. The minimum absolute atomic E-state index is 0.696. The van der Waals surface area contributed by atoms with E-state index in [1.54, 1.807) is 0 Å². The lowest BCUT2D eigenvalue weighted by atomic mass is 10.0. The molecule has 0 bridgehead atoms. The van der Waals surface area contributed by atoms with E-state index in [4.69, 9.17) is 0 Å². The Bertz CT molecular complexity index is 468. The molecule has 1 atom stereocenters. The Kier molecular flexibility index (Phi) is 4.37. The van der Waals surface area contributed by atoms with Crippen molar-refractivity contribution in [2.24, 2.45) is 5.92 Å². The van der Waals surface area contributed by atoms with Crippen LogP contribution < -0.4 is 10.2 Å². The summed E-state index contributed by atoms with van der Waals surface area (Å²) in [6.45, 7) is 6.87. The molecular weight excluding hydrogens is 312 g/mol.